The number of ether oxygens (including phenoxy) is 13. The zero-order valence-corrected chi connectivity index (χ0v) is 58.1. The Morgan fingerprint density at radius 3 is 1.10 bits per heavy atom. The molecule has 580 valence electrons. The molecule has 4 rings (SSSR count). The van der Waals surface area contributed by atoms with Gasteiger partial charge in [0.05, 0.1) is 150 Å². The van der Waals surface area contributed by atoms with E-state index in [1.54, 1.807) is 0 Å². The molecule has 0 aromatic heterocycles. The van der Waals surface area contributed by atoms with E-state index in [9.17, 15) is 84.6 Å². The van der Waals surface area contributed by atoms with E-state index in [-0.39, 0.29) is 138 Å². The topological polar surface area (TPSA) is 529 Å². The van der Waals surface area contributed by atoms with Crippen molar-refractivity contribution in [2.75, 3.05) is 152 Å². The lowest BCUT2D eigenvalue weighted by molar-refractivity contribution is -0.272. The maximum atomic E-state index is 14.1. The minimum absolute atomic E-state index is 0.00202. The summed E-state index contributed by atoms with van der Waals surface area (Å²) in [4.78, 5) is 91.1. The summed E-state index contributed by atoms with van der Waals surface area (Å²) in [5.74, 6) is -4.17. The Labute approximate surface area is 581 Å². The highest BCUT2D eigenvalue weighted by Gasteiger charge is 2.48. The smallest absolute Gasteiger partial charge is 0.234 e. The van der Waals surface area contributed by atoms with Crippen LogP contribution in [-0.2, 0) is 95.1 Å². The van der Waals surface area contributed by atoms with Crippen LogP contribution in [0.3, 0.4) is 0 Å². The molecule has 0 bridgehead atoms. The van der Waals surface area contributed by atoms with Gasteiger partial charge in [-0.15, -0.1) is 0 Å². The molecule has 1 saturated carbocycles. The minimum atomic E-state index is -1.72. The molecule has 7 amide bonds. The van der Waals surface area contributed by atoms with Crippen LogP contribution in [-0.4, -0.2) is 365 Å². The summed E-state index contributed by atoms with van der Waals surface area (Å²) in [5, 5.41) is 122. The van der Waals surface area contributed by atoms with Gasteiger partial charge in [-0.25, -0.2) is 0 Å². The molecule has 17 N–H and O–H groups in total. The zero-order valence-electron chi connectivity index (χ0n) is 58.1. The van der Waals surface area contributed by atoms with Crippen molar-refractivity contribution < 1.29 is 146 Å². The normalized spacial score (nSPS) is 28.5. The summed E-state index contributed by atoms with van der Waals surface area (Å²) in [6, 6.07) is -4.57. The van der Waals surface area contributed by atoms with Crippen LogP contribution in [0.4, 0.5) is 0 Å². The summed E-state index contributed by atoms with van der Waals surface area (Å²) in [5.41, 5.74) is -0.406. The Balaban J connectivity index is 1.31. The van der Waals surface area contributed by atoms with Crippen molar-refractivity contribution in [2.45, 2.75) is 196 Å². The van der Waals surface area contributed by atoms with E-state index in [4.69, 9.17) is 61.6 Å². The SMILES string of the molecule is CC(=O)NC1C(OCCOCCOCCNC(=O)CCC(NC(=O)C2CCC(OC(C)(C)C)CC2)C(O)N(CC(=O)NCCOCCOCCOC2OC(CO)C(O)C(O)C2NC(C)=O)CC(=O)NCCOCCOCCOC2OC(CO)C(O)C(O)C2NC(C)=O)OC(CO)C(O)C1O. The van der Waals surface area contributed by atoms with Gasteiger partial charge in [-0.2, -0.15) is 0 Å². The summed E-state index contributed by atoms with van der Waals surface area (Å²) < 4.78 is 73.2. The van der Waals surface area contributed by atoms with E-state index >= 15 is 0 Å². The first-order valence-corrected chi connectivity index (χ1v) is 33.9. The fourth-order valence-electron chi connectivity index (χ4n) is 11.2. The van der Waals surface area contributed by atoms with Crippen LogP contribution < -0.4 is 37.2 Å². The van der Waals surface area contributed by atoms with E-state index in [0.717, 1.165) is 4.90 Å². The number of aliphatic hydroxyl groups is 10. The summed E-state index contributed by atoms with van der Waals surface area (Å²) in [6.07, 6.45) is -16.0. The standard InChI is InChI=1S/C62H112N8O30/c1-36(74)66-48-54(83)51(80)42(33-71)97-59(48)94-28-25-91-22-19-88-16-13-63-45(77)12-11-41(69-57(86)39-7-9-40(10-8-39)100-62(4,5)6)58(87)70(31-46(78)64-14-17-89-20-23-92-26-29-95-60-49(67-37(2)75)55(84)52(81)43(34-72)98-60)32-47(79)65-15-18-90-21-24-93-27-30-96-61-50(68-38(3)76)56(85)53(82)44(35-73)99-61/h39-44,48-56,58-61,71-73,80-85,87H,7-35H2,1-6H3,(H,63,77)(H,64,78)(H,65,79)(H,66,74)(H,67,75)(H,68,76)(H,69,86). The van der Waals surface area contributed by atoms with Gasteiger partial charge < -0.3 is 150 Å². The third-order valence-corrected chi connectivity index (χ3v) is 16.1. The largest absolute Gasteiger partial charge is 0.394 e. The third-order valence-electron chi connectivity index (χ3n) is 16.1. The molecule has 0 spiro atoms. The predicted octanol–water partition coefficient (Wildman–Crippen LogP) is -8.43. The van der Waals surface area contributed by atoms with Gasteiger partial charge in [0.25, 0.3) is 0 Å². The average Bonchev–Trinajstić information content (AvgIpc) is 0.822. The second-order valence-corrected chi connectivity index (χ2v) is 25.3. The average molecular weight is 1450 g/mol. The Kier molecular flexibility index (Phi) is 41.8. The van der Waals surface area contributed by atoms with Gasteiger partial charge in [-0.05, 0) is 52.9 Å². The Bertz CT molecular complexity index is 2290. The number of hydrogen-bond donors (Lipinski definition) is 17. The molecule has 100 heavy (non-hydrogen) atoms. The fraction of sp³-hybridized carbons (Fsp3) is 0.887. The number of nitrogens with zero attached hydrogens (tertiary/aromatic N) is 1. The monoisotopic (exact) mass is 1450 g/mol. The molecule has 0 radical (unpaired) electrons. The van der Waals surface area contributed by atoms with Gasteiger partial charge >= 0.3 is 0 Å². The van der Waals surface area contributed by atoms with Gasteiger partial charge in [0, 0.05) is 52.7 Å². The van der Waals surface area contributed by atoms with E-state index in [1.165, 1.54) is 20.8 Å². The van der Waals surface area contributed by atoms with E-state index in [1.807, 2.05) is 20.8 Å². The van der Waals surface area contributed by atoms with Crippen LogP contribution in [0.2, 0.25) is 0 Å². The van der Waals surface area contributed by atoms with Crippen LogP contribution in [0.1, 0.15) is 80.1 Å². The number of nitrogens with one attached hydrogen (secondary N) is 7. The lowest BCUT2D eigenvalue weighted by atomic mass is 9.86. The summed E-state index contributed by atoms with van der Waals surface area (Å²) in [7, 11) is 0. The van der Waals surface area contributed by atoms with Crippen molar-refractivity contribution in [1.29, 1.82) is 0 Å². The fourth-order valence-corrected chi connectivity index (χ4v) is 11.2. The van der Waals surface area contributed by atoms with Gasteiger partial charge in [0.15, 0.2) is 18.9 Å². The van der Waals surface area contributed by atoms with Crippen molar-refractivity contribution in [3.63, 3.8) is 0 Å². The van der Waals surface area contributed by atoms with E-state index in [0.29, 0.717) is 25.7 Å². The van der Waals surface area contributed by atoms with Crippen molar-refractivity contribution in [3.05, 3.63) is 0 Å². The van der Waals surface area contributed by atoms with Crippen LogP contribution in [0, 0.1) is 5.92 Å². The molecule has 38 heteroatoms. The van der Waals surface area contributed by atoms with E-state index in [2.05, 4.69) is 37.2 Å². The number of carbonyl (C=O) groups excluding carboxylic acids is 7. The molecule has 4 aliphatic rings. The molecule has 0 aromatic rings. The highest BCUT2D eigenvalue weighted by molar-refractivity contribution is 5.82. The Morgan fingerprint density at radius 1 is 0.460 bits per heavy atom. The molecule has 1 aliphatic carbocycles. The molecule has 17 unspecified atom stereocenters. The van der Waals surface area contributed by atoms with Crippen molar-refractivity contribution in [3.8, 4) is 0 Å². The quantitative estimate of drug-likeness (QED) is 0.0199. The first-order chi connectivity index (χ1) is 47.7. The third kappa shape index (κ3) is 32.6. The molecule has 4 fully saturated rings. The van der Waals surface area contributed by atoms with Gasteiger partial charge in [-0.3, -0.25) is 38.5 Å². The first-order valence-electron chi connectivity index (χ1n) is 33.9. The van der Waals surface area contributed by atoms with Crippen LogP contribution >= 0.6 is 0 Å². The number of carbonyl (C=O) groups is 7. The summed E-state index contributed by atoms with van der Waals surface area (Å²) >= 11 is 0. The molecule has 17 atom stereocenters. The van der Waals surface area contributed by atoms with Crippen molar-refractivity contribution in [1.82, 2.24) is 42.1 Å². The lowest BCUT2D eigenvalue weighted by Crippen LogP contribution is -2.64. The second-order valence-electron chi connectivity index (χ2n) is 25.3. The zero-order chi connectivity index (χ0) is 73.7. The molecule has 3 saturated heterocycles. The predicted molar refractivity (Wildman–Crippen MR) is 343 cm³/mol. The maximum Gasteiger partial charge on any atom is 0.234 e. The van der Waals surface area contributed by atoms with Crippen LogP contribution in [0.25, 0.3) is 0 Å². The molecule has 3 heterocycles. The van der Waals surface area contributed by atoms with Crippen molar-refractivity contribution in [2.24, 2.45) is 5.92 Å². The summed E-state index contributed by atoms with van der Waals surface area (Å²) in [6.45, 7) is 6.99. The highest BCUT2D eigenvalue weighted by Crippen LogP contribution is 2.30. The molecule has 38 nitrogen and oxygen atoms in total. The van der Waals surface area contributed by atoms with Gasteiger partial charge in [0.2, 0.25) is 41.4 Å². The number of rotatable bonds is 48. The molecule has 3 aliphatic heterocycles. The molecular weight excluding hydrogens is 1340 g/mol. The number of amides is 7. The van der Waals surface area contributed by atoms with E-state index < -0.39 is 190 Å². The van der Waals surface area contributed by atoms with Crippen LogP contribution in [0.15, 0.2) is 0 Å². The lowest BCUT2D eigenvalue weighted by Gasteiger charge is -2.42. The highest BCUT2D eigenvalue weighted by atomic mass is 16.7. The Hall–Kier alpha value is -4.67. The molecular formula is C62H112N8O30. The van der Waals surface area contributed by atoms with Gasteiger partial charge in [0.1, 0.15) is 79.3 Å². The van der Waals surface area contributed by atoms with Gasteiger partial charge in [-0.1, -0.05) is 0 Å². The number of hydrogen-bond acceptors (Lipinski definition) is 31. The van der Waals surface area contributed by atoms with Crippen molar-refractivity contribution >= 4 is 41.4 Å². The second kappa shape index (κ2) is 47.6. The first kappa shape index (κ1) is 87.7. The maximum absolute atomic E-state index is 14.1. The minimum Gasteiger partial charge on any atom is -0.394 e. The Morgan fingerprint density at radius 2 is 0.780 bits per heavy atom. The number of aliphatic hydroxyl groups excluding tert-OH is 10. The molecule has 0 aromatic carbocycles. The van der Waals surface area contributed by atoms with Crippen LogP contribution in [0.5, 0.6) is 0 Å².